The summed E-state index contributed by atoms with van der Waals surface area (Å²) in [5.41, 5.74) is 2.45. The molecule has 2 unspecified atom stereocenters. The van der Waals surface area contributed by atoms with Gasteiger partial charge in [-0.3, -0.25) is 0 Å². The molecule has 0 amide bonds. The Morgan fingerprint density at radius 3 is 2.61 bits per heavy atom. The van der Waals surface area contributed by atoms with Crippen molar-refractivity contribution in [3.05, 3.63) is 77.4 Å². The average molecular weight is 532 g/mol. The summed E-state index contributed by atoms with van der Waals surface area (Å²) in [6.07, 6.45) is 0.978. The molecular formula is C23H29IN6O. The SMILES string of the molecule is Cc1nnc(CN=C(NCC2Cc3ccccc3O2)NC(C)c2ccccc2)n1C.I. The van der Waals surface area contributed by atoms with E-state index in [1.54, 1.807) is 0 Å². The van der Waals surface area contributed by atoms with E-state index in [0.717, 1.165) is 29.8 Å². The van der Waals surface area contributed by atoms with Crippen LogP contribution in [0.4, 0.5) is 0 Å². The van der Waals surface area contributed by atoms with Crippen LogP contribution in [0.1, 0.15) is 35.7 Å². The first kappa shape index (κ1) is 23.1. The van der Waals surface area contributed by atoms with E-state index in [0.29, 0.717) is 13.1 Å². The Hall–Kier alpha value is -2.62. The largest absolute Gasteiger partial charge is 0.488 e. The lowest BCUT2D eigenvalue weighted by molar-refractivity contribution is 0.234. The molecule has 1 aromatic heterocycles. The van der Waals surface area contributed by atoms with Gasteiger partial charge in [0, 0.05) is 13.5 Å². The van der Waals surface area contributed by atoms with E-state index in [1.165, 1.54) is 11.1 Å². The van der Waals surface area contributed by atoms with Crippen molar-refractivity contribution in [3.8, 4) is 5.75 Å². The molecular weight excluding hydrogens is 503 g/mol. The molecule has 8 heteroatoms. The first-order valence-corrected chi connectivity index (χ1v) is 10.3. The highest BCUT2D eigenvalue weighted by atomic mass is 127. The van der Waals surface area contributed by atoms with Gasteiger partial charge in [0.05, 0.1) is 12.6 Å². The Morgan fingerprint density at radius 1 is 1.16 bits per heavy atom. The standard InChI is InChI=1S/C23H28N6O.HI/c1-16(18-9-5-4-6-10-18)26-23(25-15-22-28-27-17(2)29(22)3)24-14-20-13-19-11-7-8-12-21(19)30-20;/h4-12,16,20H,13-15H2,1-3H3,(H2,24,25,26);1H. The molecule has 1 aliphatic rings. The number of rotatable bonds is 6. The van der Waals surface area contributed by atoms with Crippen molar-refractivity contribution in [3.63, 3.8) is 0 Å². The van der Waals surface area contributed by atoms with E-state index in [9.17, 15) is 0 Å². The van der Waals surface area contributed by atoms with Crippen LogP contribution in [0.15, 0.2) is 59.6 Å². The van der Waals surface area contributed by atoms with Crippen LogP contribution in [-0.2, 0) is 20.0 Å². The molecule has 2 atom stereocenters. The van der Waals surface area contributed by atoms with E-state index in [2.05, 4.69) is 52.0 Å². The summed E-state index contributed by atoms with van der Waals surface area (Å²) in [5, 5.41) is 15.3. The Kier molecular flexibility index (Phi) is 7.89. The molecule has 3 aromatic rings. The third kappa shape index (κ3) is 5.75. The summed E-state index contributed by atoms with van der Waals surface area (Å²) in [7, 11) is 1.96. The molecule has 2 aromatic carbocycles. The molecule has 2 N–H and O–H groups in total. The van der Waals surface area contributed by atoms with Crippen LogP contribution in [0.2, 0.25) is 0 Å². The molecule has 0 radical (unpaired) electrons. The number of fused-ring (bicyclic) bond motifs is 1. The Labute approximate surface area is 200 Å². The molecule has 0 aliphatic carbocycles. The van der Waals surface area contributed by atoms with Crippen molar-refractivity contribution in [2.75, 3.05) is 6.54 Å². The monoisotopic (exact) mass is 532 g/mol. The third-order valence-electron chi connectivity index (χ3n) is 5.43. The number of aryl methyl sites for hydroxylation is 1. The normalized spacial score (nSPS) is 16.1. The van der Waals surface area contributed by atoms with Gasteiger partial charge in [-0.2, -0.15) is 0 Å². The Balaban J connectivity index is 0.00000272. The van der Waals surface area contributed by atoms with Crippen LogP contribution >= 0.6 is 24.0 Å². The molecule has 0 bridgehead atoms. The van der Waals surface area contributed by atoms with Crippen LogP contribution in [0.25, 0.3) is 0 Å². The number of para-hydroxylation sites is 1. The van der Waals surface area contributed by atoms with Crippen LogP contribution < -0.4 is 15.4 Å². The van der Waals surface area contributed by atoms with Gasteiger partial charge in [-0.1, -0.05) is 48.5 Å². The van der Waals surface area contributed by atoms with Gasteiger partial charge in [0.1, 0.15) is 24.2 Å². The number of guanidine groups is 1. The Bertz CT molecular complexity index is 995. The zero-order chi connectivity index (χ0) is 20.9. The van der Waals surface area contributed by atoms with E-state index in [1.807, 2.05) is 48.9 Å². The average Bonchev–Trinajstić information content (AvgIpc) is 3.33. The number of ether oxygens (including phenoxy) is 1. The quantitative estimate of drug-likeness (QED) is 0.289. The highest BCUT2D eigenvalue weighted by Crippen LogP contribution is 2.27. The molecule has 4 rings (SSSR count). The summed E-state index contributed by atoms with van der Waals surface area (Å²) in [5.74, 6) is 3.40. The lowest BCUT2D eigenvalue weighted by Gasteiger charge is -2.20. The minimum Gasteiger partial charge on any atom is -0.488 e. The first-order chi connectivity index (χ1) is 14.6. The summed E-state index contributed by atoms with van der Waals surface area (Å²) >= 11 is 0. The predicted octanol–water partition coefficient (Wildman–Crippen LogP) is 3.54. The lowest BCUT2D eigenvalue weighted by atomic mass is 10.1. The van der Waals surface area contributed by atoms with Crippen molar-refractivity contribution >= 4 is 29.9 Å². The fourth-order valence-electron chi connectivity index (χ4n) is 3.50. The van der Waals surface area contributed by atoms with Crippen molar-refractivity contribution in [1.82, 2.24) is 25.4 Å². The molecule has 164 valence electrons. The number of nitrogens with one attached hydrogen (secondary N) is 2. The van der Waals surface area contributed by atoms with Crippen LogP contribution in [0.5, 0.6) is 5.75 Å². The van der Waals surface area contributed by atoms with Crippen LogP contribution in [-0.4, -0.2) is 33.4 Å². The highest BCUT2D eigenvalue weighted by molar-refractivity contribution is 14.0. The van der Waals surface area contributed by atoms with Gasteiger partial charge in [0.25, 0.3) is 0 Å². The smallest absolute Gasteiger partial charge is 0.192 e. The molecule has 0 fully saturated rings. The second-order valence-electron chi connectivity index (χ2n) is 7.60. The summed E-state index contributed by atoms with van der Waals surface area (Å²) in [6.45, 7) is 5.17. The van der Waals surface area contributed by atoms with Crippen LogP contribution in [0, 0.1) is 6.92 Å². The number of hydrogen-bond donors (Lipinski definition) is 2. The highest BCUT2D eigenvalue weighted by Gasteiger charge is 2.22. The van der Waals surface area contributed by atoms with Gasteiger partial charge in [-0.05, 0) is 31.0 Å². The van der Waals surface area contributed by atoms with Crippen molar-refractivity contribution in [2.24, 2.45) is 12.0 Å². The minimum atomic E-state index is 0. The summed E-state index contributed by atoms with van der Waals surface area (Å²) in [4.78, 5) is 4.76. The minimum absolute atomic E-state index is 0. The van der Waals surface area contributed by atoms with Gasteiger partial charge in [-0.15, -0.1) is 34.2 Å². The molecule has 0 saturated heterocycles. The number of hydrogen-bond acceptors (Lipinski definition) is 4. The van der Waals surface area contributed by atoms with E-state index in [4.69, 9.17) is 9.73 Å². The topological polar surface area (TPSA) is 76.4 Å². The van der Waals surface area contributed by atoms with Gasteiger partial charge in [-0.25, -0.2) is 4.99 Å². The molecule has 7 nitrogen and oxygen atoms in total. The van der Waals surface area contributed by atoms with Gasteiger partial charge in [0.2, 0.25) is 0 Å². The molecule has 31 heavy (non-hydrogen) atoms. The fourth-order valence-corrected chi connectivity index (χ4v) is 3.50. The van der Waals surface area contributed by atoms with Crippen molar-refractivity contribution in [2.45, 2.75) is 39.0 Å². The first-order valence-electron chi connectivity index (χ1n) is 10.3. The summed E-state index contributed by atoms with van der Waals surface area (Å²) in [6, 6.07) is 18.6. The van der Waals surface area contributed by atoms with Gasteiger partial charge >= 0.3 is 0 Å². The second kappa shape index (κ2) is 10.6. The second-order valence-corrected chi connectivity index (χ2v) is 7.60. The maximum atomic E-state index is 6.06. The van der Waals surface area contributed by atoms with Gasteiger partial charge < -0.3 is 19.9 Å². The molecule has 2 heterocycles. The molecule has 0 saturated carbocycles. The molecule has 0 spiro atoms. The maximum absolute atomic E-state index is 6.06. The zero-order valence-electron chi connectivity index (χ0n) is 18.1. The molecule has 1 aliphatic heterocycles. The van der Waals surface area contributed by atoms with Gasteiger partial charge in [0.15, 0.2) is 11.8 Å². The van der Waals surface area contributed by atoms with Crippen molar-refractivity contribution in [1.29, 1.82) is 0 Å². The van der Waals surface area contributed by atoms with Crippen molar-refractivity contribution < 1.29 is 4.74 Å². The van der Waals surface area contributed by atoms with E-state index >= 15 is 0 Å². The lowest BCUT2D eigenvalue weighted by Crippen LogP contribution is -2.43. The maximum Gasteiger partial charge on any atom is 0.192 e. The Morgan fingerprint density at radius 2 is 1.90 bits per heavy atom. The number of benzene rings is 2. The summed E-state index contributed by atoms with van der Waals surface area (Å²) < 4.78 is 8.02. The van der Waals surface area contributed by atoms with Crippen LogP contribution in [0.3, 0.4) is 0 Å². The number of aliphatic imine (C=N–C) groups is 1. The fraction of sp³-hybridized carbons (Fsp3) is 0.348. The number of halogens is 1. The van der Waals surface area contributed by atoms with E-state index in [-0.39, 0.29) is 36.1 Å². The third-order valence-corrected chi connectivity index (χ3v) is 5.43. The zero-order valence-corrected chi connectivity index (χ0v) is 20.4. The van der Waals surface area contributed by atoms with E-state index < -0.39 is 0 Å². The predicted molar refractivity (Wildman–Crippen MR) is 133 cm³/mol. The number of nitrogens with zero attached hydrogens (tertiary/aromatic N) is 4. The number of aromatic nitrogens is 3.